The molecule has 0 aliphatic carbocycles. The maximum absolute atomic E-state index is 12.6. The third-order valence-corrected chi connectivity index (χ3v) is 5.29. The third-order valence-electron chi connectivity index (χ3n) is 5.29. The van der Waals surface area contributed by atoms with Gasteiger partial charge in [0.25, 0.3) is 5.56 Å². The monoisotopic (exact) mass is 330 g/mol. The normalized spacial score (nSPS) is 18.3. The third kappa shape index (κ3) is 2.85. The number of hydrogen-bond donors (Lipinski definition) is 1. The fourth-order valence-corrected chi connectivity index (χ4v) is 3.82. The Bertz CT molecular complexity index is 834. The first-order valence-electron chi connectivity index (χ1n) is 8.74. The Kier molecular flexibility index (Phi) is 4.47. The zero-order chi connectivity index (χ0) is 17.4. The van der Waals surface area contributed by atoms with E-state index in [2.05, 4.69) is 17.0 Å². The van der Waals surface area contributed by atoms with Crippen LogP contribution >= 0.6 is 0 Å². The van der Waals surface area contributed by atoms with Crippen LogP contribution in [0.4, 0.5) is 0 Å². The van der Waals surface area contributed by atoms with Crippen LogP contribution in [0.2, 0.25) is 0 Å². The molecule has 130 valence electrons. The number of carbonyl (C=O) groups excluding carboxylic acids is 1. The van der Waals surface area contributed by atoms with E-state index in [9.17, 15) is 9.59 Å². The Labute approximate surface area is 141 Å². The molecule has 2 aromatic heterocycles. The average molecular weight is 330 g/mol. The van der Waals surface area contributed by atoms with Crippen LogP contribution in [0.3, 0.4) is 0 Å². The van der Waals surface area contributed by atoms with Gasteiger partial charge >= 0.3 is 0 Å². The standard InChI is InChI=1S/C18H26N4O2/c1-11-7-5-6-10-22(11)15(23)9-8-14-12(2)16-17(19-13(14)3)20-21(4)18(16)24/h11H,5-10H2,1-4H3,(H,19,20)/t11-/m1/s1. The largest absolute Gasteiger partial charge is 0.340 e. The Hall–Kier alpha value is -2.11. The molecule has 0 bridgehead atoms. The van der Waals surface area contributed by atoms with Crippen LogP contribution < -0.4 is 5.56 Å². The zero-order valence-corrected chi connectivity index (χ0v) is 15.0. The topological polar surface area (TPSA) is 71.0 Å². The molecule has 1 fully saturated rings. The number of aromatic amines is 1. The number of rotatable bonds is 3. The molecule has 0 saturated carbocycles. The van der Waals surface area contributed by atoms with Crippen molar-refractivity contribution in [2.75, 3.05) is 6.54 Å². The van der Waals surface area contributed by atoms with Gasteiger partial charge in [0.2, 0.25) is 5.91 Å². The van der Waals surface area contributed by atoms with Gasteiger partial charge < -0.3 is 4.90 Å². The summed E-state index contributed by atoms with van der Waals surface area (Å²) < 4.78 is 1.45. The molecule has 0 radical (unpaired) electrons. The molecule has 0 aromatic carbocycles. The number of hydrogen-bond acceptors (Lipinski definition) is 3. The lowest BCUT2D eigenvalue weighted by atomic mass is 9.98. The fraction of sp³-hybridized carbons (Fsp3) is 0.611. The molecule has 1 atom stereocenters. The lowest BCUT2D eigenvalue weighted by molar-refractivity contribution is -0.134. The second-order valence-electron chi connectivity index (χ2n) is 6.93. The number of amides is 1. The highest BCUT2D eigenvalue weighted by molar-refractivity contribution is 5.80. The van der Waals surface area contributed by atoms with Gasteiger partial charge in [0.05, 0.1) is 5.39 Å². The number of aromatic nitrogens is 3. The minimum absolute atomic E-state index is 0.0628. The first-order chi connectivity index (χ1) is 11.4. The fourth-order valence-electron chi connectivity index (χ4n) is 3.82. The summed E-state index contributed by atoms with van der Waals surface area (Å²) in [5, 5.41) is 3.61. The SMILES string of the molecule is Cc1nc2[nH]n(C)c(=O)c2c(C)c1CCC(=O)N1CCCC[C@H]1C. The molecule has 1 saturated heterocycles. The highest BCUT2D eigenvalue weighted by atomic mass is 16.2. The molecule has 6 nitrogen and oxygen atoms in total. The van der Waals surface area contributed by atoms with E-state index in [1.807, 2.05) is 18.7 Å². The Morgan fingerprint density at radius 2 is 2.08 bits per heavy atom. The molecule has 1 N–H and O–H groups in total. The van der Waals surface area contributed by atoms with Crippen molar-refractivity contribution in [1.29, 1.82) is 0 Å². The van der Waals surface area contributed by atoms with E-state index >= 15 is 0 Å². The van der Waals surface area contributed by atoms with Crippen molar-refractivity contribution in [3.8, 4) is 0 Å². The van der Waals surface area contributed by atoms with Gasteiger partial charge in [-0.3, -0.25) is 19.4 Å². The van der Waals surface area contributed by atoms with Gasteiger partial charge in [-0.15, -0.1) is 0 Å². The number of aryl methyl sites for hydroxylation is 3. The molecular weight excluding hydrogens is 304 g/mol. The number of H-pyrrole nitrogens is 1. The summed E-state index contributed by atoms with van der Waals surface area (Å²) in [5.41, 5.74) is 3.42. The molecule has 1 aliphatic rings. The molecule has 0 unspecified atom stereocenters. The summed E-state index contributed by atoms with van der Waals surface area (Å²) in [6.45, 7) is 6.90. The highest BCUT2D eigenvalue weighted by Gasteiger charge is 2.23. The minimum Gasteiger partial charge on any atom is -0.340 e. The van der Waals surface area contributed by atoms with E-state index in [4.69, 9.17) is 0 Å². The number of fused-ring (bicyclic) bond motifs is 1. The van der Waals surface area contributed by atoms with E-state index in [0.717, 1.165) is 36.2 Å². The van der Waals surface area contributed by atoms with Gasteiger partial charge in [-0.1, -0.05) is 0 Å². The van der Waals surface area contributed by atoms with E-state index in [-0.39, 0.29) is 11.5 Å². The van der Waals surface area contributed by atoms with Gasteiger partial charge in [-0.2, -0.15) is 0 Å². The van der Waals surface area contributed by atoms with Gasteiger partial charge in [-0.05, 0) is 57.6 Å². The van der Waals surface area contributed by atoms with Crippen LogP contribution in [-0.2, 0) is 18.3 Å². The summed E-state index contributed by atoms with van der Waals surface area (Å²) >= 11 is 0. The van der Waals surface area contributed by atoms with Crippen molar-refractivity contribution in [2.45, 2.75) is 58.9 Å². The van der Waals surface area contributed by atoms with Crippen LogP contribution in [0.5, 0.6) is 0 Å². The number of pyridine rings is 1. The first kappa shape index (κ1) is 16.7. The van der Waals surface area contributed by atoms with E-state index in [0.29, 0.717) is 29.9 Å². The number of nitrogens with one attached hydrogen (secondary N) is 1. The second kappa shape index (κ2) is 6.42. The molecule has 6 heteroatoms. The van der Waals surface area contributed by atoms with E-state index in [1.54, 1.807) is 7.05 Å². The van der Waals surface area contributed by atoms with E-state index in [1.165, 1.54) is 11.1 Å². The van der Waals surface area contributed by atoms with Gasteiger partial charge in [0.1, 0.15) is 0 Å². The van der Waals surface area contributed by atoms with E-state index < -0.39 is 0 Å². The molecular formula is C18H26N4O2. The Morgan fingerprint density at radius 3 is 2.79 bits per heavy atom. The first-order valence-corrected chi connectivity index (χ1v) is 8.74. The predicted octanol–water partition coefficient (Wildman–Crippen LogP) is 2.21. The molecule has 24 heavy (non-hydrogen) atoms. The number of nitrogens with zero attached hydrogens (tertiary/aromatic N) is 3. The van der Waals surface area contributed by atoms with Crippen molar-refractivity contribution >= 4 is 16.9 Å². The van der Waals surface area contributed by atoms with Crippen molar-refractivity contribution in [3.63, 3.8) is 0 Å². The van der Waals surface area contributed by atoms with Gasteiger partial charge in [0, 0.05) is 31.7 Å². The molecule has 3 heterocycles. The van der Waals surface area contributed by atoms with Crippen LogP contribution in [-0.4, -0.2) is 38.2 Å². The maximum atomic E-state index is 12.6. The van der Waals surface area contributed by atoms with Gasteiger partial charge in [-0.25, -0.2) is 4.98 Å². The zero-order valence-electron chi connectivity index (χ0n) is 15.0. The summed E-state index contributed by atoms with van der Waals surface area (Å²) in [6, 6.07) is 0.339. The Balaban J connectivity index is 1.83. The second-order valence-corrected chi connectivity index (χ2v) is 6.93. The molecule has 3 rings (SSSR count). The van der Waals surface area contributed by atoms with Gasteiger partial charge in [0.15, 0.2) is 5.65 Å². The van der Waals surface area contributed by atoms with Crippen LogP contribution in [0, 0.1) is 13.8 Å². The lowest BCUT2D eigenvalue weighted by Gasteiger charge is -2.33. The average Bonchev–Trinajstić information content (AvgIpc) is 2.81. The number of carbonyl (C=O) groups is 1. The molecule has 0 spiro atoms. The smallest absolute Gasteiger partial charge is 0.276 e. The minimum atomic E-state index is -0.0628. The quantitative estimate of drug-likeness (QED) is 0.938. The Morgan fingerprint density at radius 1 is 1.33 bits per heavy atom. The molecule has 2 aromatic rings. The van der Waals surface area contributed by atoms with Crippen LogP contribution in [0.15, 0.2) is 4.79 Å². The van der Waals surface area contributed by atoms with Crippen LogP contribution in [0.1, 0.15) is 49.4 Å². The lowest BCUT2D eigenvalue weighted by Crippen LogP contribution is -2.42. The number of piperidine rings is 1. The summed E-state index contributed by atoms with van der Waals surface area (Å²) in [4.78, 5) is 31.4. The predicted molar refractivity (Wildman–Crippen MR) is 94.2 cm³/mol. The number of likely N-dealkylation sites (tertiary alicyclic amines) is 1. The molecule has 1 aliphatic heterocycles. The van der Waals surface area contributed by atoms with Crippen molar-refractivity contribution in [3.05, 3.63) is 27.2 Å². The van der Waals surface area contributed by atoms with Crippen molar-refractivity contribution in [1.82, 2.24) is 19.7 Å². The highest BCUT2D eigenvalue weighted by Crippen LogP contribution is 2.22. The van der Waals surface area contributed by atoms with Crippen LogP contribution in [0.25, 0.3) is 11.0 Å². The maximum Gasteiger partial charge on any atom is 0.276 e. The molecule has 1 amide bonds. The van der Waals surface area contributed by atoms with Crippen molar-refractivity contribution in [2.24, 2.45) is 7.05 Å². The summed E-state index contributed by atoms with van der Waals surface area (Å²) in [7, 11) is 1.69. The van der Waals surface area contributed by atoms with Crippen molar-refractivity contribution < 1.29 is 4.79 Å². The summed E-state index contributed by atoms with van der Waals surface area (Å²) in [5.74, 6) is 0.211. The summed E-state index contributed by atoms with van der Waals surface area (Å²) in [6.07, 6.45) is 4.51.